The summed E-state index contributed by atoms with van der Waals surface area (Å²) in [4.78, 5) is 23.5. The molecule has 3 aromatic carbocycles. The first-order valence-corrected chi connectivity index (χ1v) is 10.7. The summed E-state index contributed by atoms with van der Waals surface area (Å²) in [7, 11) is -3.85. The van der Waals surface area contributed by atoms with E-state index in [0.29, 0.717) is 27.6 Å². The molecule has 0 spiro atoms. The van der Waals surface area contributed by atoms with Crippen LogP contribution in [0.3, 0.4) is 0 Å². The molecule has 0 saturated carbocycles. The lowest BCUT2D eigenvalue weighted by molar-refractivity contribution is -0.114. The third-order valence-corrected chi connectivity index (χ3v) is 5.60. The summed E-state index contributed by atoms with van der Waals surface area (Å²) in [6, 6.07) is 18.5. The average molecular weight is 444 g/mol. The van der Waals surface area contributed by atoms with Crippen LogP contribution in [0.1, 0.15) is 17.3 Å². The van der Waals surface area contributed by atoms with Gasteiger partial charge in [-0.1, -0.05) is 17.7 Å². The van der Waals surface area contributed by atoms with Gasteiger partial charge in [-0.15, -0.1) is 0 Å². The maximum Gasteiger partial charge on any atom is 0.261 e. The van der Waals surface area contributed by atoms with E-state index < -0.39 is 15.9 Å². The van der Waals surface area contributed by atoms with Crippen molar-refractivity contribution in [2.45, 2.75) is 11.8 Å². The molecular weight excluding hydrogens is 426 g/mol. The zero-order valence-corrected chi connectivity index (χ0v) is 17.4. The second-order valence-corrected chi connectivity index (χ2v) is 8.47. The number of amides is 2. The molecule has 0 radical (unpaired) electrons. The Labute approximate surface area is 179 Å². The van der Waals surface area contributed by atoms with Crippen LogP contribution in [0.15, 0.2) is 77.7 Å². The van der Waals surface area contributed by atoms with Crippen LogP contribution in [0.5, 0.6) is 0 Å². The van der Waals surface area contributed by atoms with Crippen LogP contribution >= 0.6 is 11.6 Å². The van der Waals surface area contributed by atoms with Crippen LogP contribution in [-0.2, 0) is 14.8 Å². The maximum absolute atomic E-state index is 12.6. The second kappa shape index (κ2) is 8.98. The fourth-order valence-electron chi connectivity index (χ4n) is 2.58. The Morgan fingerprint density at radius 1 is 0.800 bits per heavy atom. The minimum atomic E-state index is -3.85. The quantitative estimate of drug-likeness (QED) is 0.526. The monoisotopic (exact) mass is 443 g/mol. The van der Waals surface area contributed by atoms with E-state index in [1.807, 2.05) is 0 Å². The molecule has 3 aromatic rings. The third-order valence-electron chi connectivity index (χ3n) is 3.97. The van der Waals surface area contributed by atoms with Crippen LogP contribution in [0.4, 0.5) is 17.1 Å². The highest BCUT2D eigenvalue weighted by Crippen LogP contribution is 2.21. The molecule has 0 atom stereocenters. The van der Waals surface area contributed by atoms with E-state index in [0.717, 1.165) is 0 Å². The number of anilines is 3. The van der Waals surface area contributed by atoms with Crippen molar-refractivity contribution < 1.29 is 18.0 Å². The Bertz CT molecular complexity index is 1180. The van der Waals surface area contributed by atoms with E-state index in [2.05, 4.69) is 15.4 Å². The number of halogens is 1. The van der Waals surface area contributed by atoms with E-state index in [4.69, 9.17) is 11.6 Å². The van der Waals surface area contributed by atoms with Gasteiger partial charge in [0.25, 0.3) is 15.9 Å². The Balaban J connectivity index is 1.73. The van der Waals surface area contributed by atoms with Crippen molar-refractivity contribution in [3.8, 4) is 0 Å². The molecule has 3 N–H and O–H groups in total. The summed E-state index contributed by atoms with van der Waals surface area (Å²) in [5, 5.41) is 5.78. The molecule has 0 aliphatic rings. The van der Waals surface area contributed by atoms with Crippen molar-refractivity contribution >= 4 is 50.5 Å². The Hall–Kier alpha value is -3.36. The molecular formula is C21H18ClN3O4S. The number of hydrogen-bond acceptors (Lipinski definition) is 4. The summed E-state index contributed by atoms with van der Waals surface area (Å²) >= 11 is 5.81. The molecule has 0 unspecified atom stereocenters. The number of carbonyl (C=O) groups is 2. The van der Waals surface area contributed by atoms with Gasteiger partial charge in [-0.05, 0) is 66.7 Å². The second-order valence-electron chi connectivity index (χ2n) is 6.35. The fraction of sp³-hybridized carbons (Fsp3) is 0.0476. The number of hydrogen-bond donors (Lipinski definition) is 3. The summed E-state index contributed by atoms with van der Waals surface area (Å²) in [6.45, 7) is 1.39. The Morgan fingerprint density at radius 2 is 1.43 bits per heavy atom. The van der Waals surface area contributed by atoms with Crippen molar-refractivity contribution in [2.75, 3.05) is 15.4 Å². The van der Waals surface area contributed by atoms with Gasteiger partial charge < -0.3 is 10.6 Å². The average Bonchev–Trinajstić information content (AvgIpc) is 2.70. The van der Waals surface area contributed by atoms with Crippen molar-refractivity contribution in [3.05, 3.63) is 83.4 Å². The van der Waals surface area contributed by atoms with Gasteiger partial charge >= 0.3 is 0 Å². The van der Waals surface area contributed by atoms with E-state index in [-0.39, 0.29) is 10.8 Å². The predicted octanol–water partition coefficient (Wildman–Crippen LogP) is 4.35. The standard InChI is InChI=1S/C21H18ClN3O4S/c1-14(26)23-17-9-5-15(6-10-17)21(27)24-19-3-2-4-20(13-19)30(28,29)25-18-11-7-16(22)8-12-18/h2-13,25H,1H3,(H,23,26)(H,24,27). The molecule has 0 heterocycles. The number of nitrogens with one attached hydrogen (secondary N) is 3. The molecule has 0 aliphatic heterocycles. The van der Waals surface area contributed by atoms with Crippen molar-refractivity contribution in [1.29, 1.82) is 0 Å². The van der Waals surface area contributed by atoms with Crippen molar-refractivity contribution in [3.63, 3.8) is 0 Å². The van der Waals surface area contributed by atoms with Gasteiger partial charge in [0.1, 0.15) is 0 Å². The van der Waals surface area contributed by atoms with Gasteiger partial charge in [0.05, 0.1) is 4.90 Å². The Morgan fingerprint density at radius 3 is 2.07 bits per heavy atom. The normalized spacial score (nSPS) is 10.9. The summed E-state index contributed by atoms with van der Waals surface area (Å²) in [6.07, 6.45) is 0. The van der Waals surface area contributed by atoms with E-state index in [1.165, 1.54) is 25.1 Å². The lowest BCUT2D eigenvalue weighted by Gasteiger charge is -2.11. The molecule has 30 heavy (non-hydrogen) atoms. The highest BCUT2D eigenvalue weighted by molar-refractivity contribution is 7.92. The third kappa shape index (κ3) is 5.59. The molecule has 2 amide bonds. The van der Waals surface area contributed by atoms with Gasteiger partial charge in [0.2, 0.25) is 5.91 Å². The smallest absolute Gasteiger partial charge is 0.261 e. The predicted molar refractivity (Wildman–Crippen MR) is 117 cm³/mol. The maximum atomic E-state index is 12.6. The number of benzene rings is 3. The largest absolute Gasteiger partial charge is 0.326 e. The van der Waals surface area contributed by atoms with Crippen LogP contribution in [0, 0.1) is 0 Å². The van der Waals surface area contributed by atoms with Gasteiger partial charge in [0, 0.05) is 34.6 Å². The summed E-state index contributed by atoms with van der Waals surface area (Å²) < 4.78 is 27.7. The number of rotatable bonds is 6. The molecule has 0 aromatic heterocycles. The van der Waals surface area contributed by atoms with Crippen molar-refractivity contribution in [1.82, 2.24) is 0 Å². The highest BCUT2D eigenvalue weighted by Gasteiger charge is 2.15. The zero-order valence-electron chi connectivity index (χ0n) is 15.8. The first kappa shape index (κ1) is 21.4. The zero-order chi connectivity index (χ0) is 21.7. The topological polar surface area (TPSA) is 104 Å². The van der Waals surface area contributed by atoms with E-state index >= 15 is 0 Å². The van der Waals surface area contributed by atoms with Crippen molar-refractivity contribution in [2.24, 2.45) is 0 Å². The van der Waals surface area contributed by atoms with Crippen LogP contribution in [0.25, 0.3) is 0 Å². The lowest BCUT2D eigenvalue weighted by atomic mass is 10.2. The van der Waals surface area contributed by atoms with Crippen LogP contribution in [0.2, 0.25) is 5.02 Å². The fourth-order valence-corrected chi connectivity index (χ4v) is 3.81. The molecule has 3 rings (SSSR count). The molecule has 0 aliphatic carbocycles. The highest BCUT2D eigenvalue weighted by atomic mass is 35.5. The molecule has 0 bridgehead atoms. The minimum Gasteiger partial charge on any atom is -0.326 e. The van der Waals surface area contributed by atoms with Gasteiger partial charge in [-0.2, -0.15) is 0 Å². The van der Waals surface area contributed by atoms with Crippen LogP contribution < -0.4 is 15.4 Å². The van der Waals surface area contributed by atoms with Crippen LogP contribution in [-0.4, -0.2) is 20.2 Å². The number of sulfonamides is 1. The molecule has 0 fully saturated rings. The van der Waals surface area contributed by atoms with Gasteiger partial charge in [-0.25, -0.2) is 8.42 Å². The van der Waals surface area contributed by atoms with E-state index in [9.17, 15) is 18.0 Å². The first-order valence-electron chi connectivity index (χ1n) is 8.80. The summed E-state index contributed by atoms with van der Waals surface area (Å²) in [5.74, 6) is -0.623. The molecule has 0 saturated heterocycles. The molecule has 9 heteroatoms. The SMILES string of the molecule is CC(=O)Nc1ccc(C(=O)Nc2cccc(S(=O)(=O)Nc3ccc(Cl)cc3)c2)cc1. The van der Waals surface area contributed by atoms with Gasteiger partial charge in [0.15, 0.2) is 0 Å². The Kier molecular flexibility index (Phi) is 6.39. The molecule has 154 valence electrons. The molecule has 7 nitrogen and oxygen atoms in total. The van der Waals surface area contributed by atoms with E-state index in [1.54, 1.807) is 54.6 Å². The first-order chi connectivity index (χ1) is 14.2. The van der Waals surface area contributed by atoms with Gasteiger partial charge in [-0.3, -0.25) is 14.3 Å². The summed E-state index contributed by atoms with van der Waals surface area (Å²) in [5.41, 5.74) is 1.62. The lowest BCUT2D eigenvalue weighted by Crippen LogP contribution is -2.15. The number of carbonyl (C=O) groups excluding carboxylic acids is 2. The minimum absolute atomic E-state index is 0.00347.